The number of hydrogen-bond donors (Lipinski definition) is 1. The van der Waals surface area contributed by atoms with Gasteiger partial charge in [0.15, 0.2) is 0 Å². The third kappa shape index (κ3) is 2.31. The number of benzene rings is 1. The lowest BCUT2D eigenvalue weighted by atomic mass is 10.1. The number of rotatable bonds is 2. The van der Waals surface area contributed by atoms with Crippen molar-refractivity contribution in [3.8, 4) is 0 Å². The monoisotopic (exact) mass is 317 g/mol. The zero-order valence-corrected chi connectivity index (χ0v) is 13.1. The van der Waals surface area contributed by atoms with Crippen molar-refractivity contribution in [2.45, 2.75) is 36.2 Å². The van der Waals surface area contributed by atoms with Gasteiger partial charge >= 0.3 is 0 Å². The summed E-state index contributed by atoms with van der Waals surface area (Å²) in [6.45, 7) is 1.14. The molecule has 6 heteroatoms. The third-order valence-corrected chi connectivity index (χ3v) is 6.60. The maximum absolute atomic E-state index is 13.1. The lowest BCUT2D eigenvalue weighted by Gasteiger charge is -2.24. The Kier molecular flexibility index (Phi) is 3.40. The van der Waals surface area contributed by atoms with Crippen LogP contribution in [0, 0.1) is 0 Å². The van der Waals surface area contributed by atoms with Gasteiger partial charge in [0.2, 0.25) is 10.0 Å². The van der Waals surface area contributed by atoms with Gasteiger partial charge in [-0.25, -0.2) is 8.42 Å². The van der Waals surface area contributed by atoms with E-state index in [1.54, 1.807) is 22.6 Å². The number of hydrogen-bond acceptors (Lipinski definition) is 4. The normalized spacial score (nSPS) is 26.2. The number of aromatic nitrogens is 1. The second-order valence-corrected chi connectivity index (χ2v) is 8.03. The van der Waals surface area contributed by atoms with E-state index in [2.05, 4.69) is 10.3 Å². The van der Waals surface area contributed by atoms with Gasteiger partial charge in [-0.05, 0) is 31.4 Å². The van der Waals surface area contributed by atoms with E-state index in [4.69, 9.17) is 0 Å². The van der Waals surface area contributed by atoms with Crippen molar-refractivity contribution in [1.82, 2.24) is 14.6 Å². The number of nitrogens with one attached hydrogen (secondary N) is 1. The maximum Gasteiger partial charge on any atom is 0.245 e. The Morgan fingerprint density at radius 3 is 2.82 bits per heavy atom. The number of para-hydroxylation sites is 1. The zero-order valence-electron chi connectivity index (χ0n) is 12.3. The van der Waals surface area contributed by atoms with Gasteiger partial charge in [-0.15, -0.1) is 0 Å². The smallest absolute Gasteiger partial charge is 0.245 e. The van der Waals surface area contributed by atoms with E-state index in [1.165, 1.54) is 0 Å². The minimum Gasteiger partial charge on any atom is -0.310 e. The molecule has 2 saturated heterocycles. The first-order valence-corrected chi connectivity index (χ1v) is 9.18. The molecule has 1 aromatic heterocycles. The number of sulfonamides is 1. The Balaban J connectivity index is 1.76. The molecule has 116 valence electrons. The fraction of sp³-hybridized carbons (Fsp3) is 0.438. The Labute approximate surface area is 130 Å². The summed E-state index contributed by atoms with van der Waals surface area (Å²) in [5.41, 5.74) is 0.562. The van der Waals surface area contributed by atoms with Gasteiger partial charge in [-0.1, -0.05) is 18.2 Å². The van der Waals surface area contributed by atoms with Crippen LogP contribution in [0.15, 0.2) is 41.4 Å². The highest BCUT2D eigenvalue weighted by Gasteiger charge is 2.35. The van der Waals surface area contributed by atoms with E-state index in [1.807, 2.05) is 18.2 Å². The van der Waals surface area contributed by atoms with Gasteiger partial charge in [0.05, 0.1) is 5.52 Å². The molecule has 1 aromatic carbocycles. The Bertz CT molecular complexity index is 801. The number of nitrogens with zero attached hydrogens (tertiary/aromatic N) is 2. The van der Waals surface area contributed by atoms with Gasteiger partial charge in [-0.3, -0.25) is 4.98 Å². The standard InChI is InChI=1S/C16H19N3O2S/c20-22(21,19-10-8-13-6-7-14(11-19)18-13)15-5-1-3-12-4-2-9-17-16(12)15/h1-5,9,13-14,18H,6-8,10-11H2. The van der Waals surface area contributed by atoms with E-state index in [0.717, 1.165) is 24.6 Å². The lowest BCUT2D eigenvalue weighted by Crippen LogP contribution is -2.39. The molecule has 0 radical (unpaired) electrons. The van der Waals surface area contributed by atoms with Gasteiger partial charge in [-0.2, -0.15) is 4.31 Å². The molecule has 0 aliphatic carbocycles. The summed E-state index contributed by atoms with van der Waals surface area (Å²) in [6.07, 6.45) is 4.75. The summed E-state index contributed by atoms with van der Waals surface area (Å²) in [5.74, 6) is 0. The first-order chi connectivity index (χ1) is 10.6. The molecule has 0 saturated carbocycles. The van der Waals surface area contributed by atoms with E-state index >= 15 is 0 Å². The van der Waals surface area contributed by atoms with Crippen LogP contribution in [0.4, 0.5) is 0 Å². The van der Waals surface area contributed by atoms with E-state index in [-0.39, 0.29) is 6.04 Å². The molecule has 2 aliphatic rings. The van der Waals surface area contributed by atoms with Crippen molar-refractivity contribution in [3.05, 3.63) is 36.5 Å². The van der Waals surface area contributed by atoms with Crippen LogP contribution < -0.4 is 5.32 Å². The first-order valence-electron chi connectivity index (χ1n) is 7.74. The maximum atomic E-state index is 13.1. The van der Waals surface area contributed by atoms with Crippen LogP contribution in [0.2, 0.25) is 0 Å². The highest BCUT2D eigenvalue weighted by Crippen LogP contribution is 2.28. The molecule has 2 atom stereocenters. The van der Waals surface area contributed by atoms with Crippen LogP contribution in [0.5, 0.6) is 0 Å². The minimum atomic E-state index is -3.50. The topological polar surface area (TPSA) is 62.3 Å². The summed E-state index contributed by atoms with van der Waals surface area (Å²) in [5, 5.41) is 4.38. The highest BCUT2D eigenvalue weighted by atomic mass is 32.2. The van der Waals surface area contributed by atoms with Crippen molar-refractivity contribution < 1.29 is 8.42 Å². The molecule has 2 aliphatic heterocycles. The van der Waals surface area contributed by atoms with Crippen molar-refractivity contribution in [1.29, 1.82) is 0 Å². The molecule has 2 bridgehead atoms. The highest BCUT2D eigenvalue weighted by molar-refractivity contribution is 7.89. The van der Waals surface area contributed by atoms with Crippen molar-refractivity contribution in [2.75, 3.05) is 13.1 Å². The van der Waals surface area contributed by atoms with Crippen LogP contribution in [0.1, 0.15) is 19.3 Å². The van der Waals surface area contributed by atoms with Gasteiger partial charge in [0.1, 0.15) is 4.90 Å². The average Bonchev–Trinajstić information content (AvgIpc) is 2.85. The van der Waals surface area contributed by atoms with Gasteiger partial charge in [0, 0.05) is 36.8 Å². The molecule has 2 fully saturated rings. The Morgan fingerprint density at radius 1 is 1.09 bits per heavy atom. The second kappa shape index (κ2) is 5.30. The van der Waals surface area contributed by atoms with E-state index < -0.39 is 10.0 Å². The summed E-state index contributed by atoms with van der Waals surface area (Å²) in [7, 11) is -3.50. The van der Waals surface area contributed by atoms with Crippen LogP contribution >= 0.6 is 0 Å². The number of fused-ring (bicyclic) bond motifs is 3. The average molecular weight is 317 g/mol. The first kappa shape index (κ1) is 14.1. The van der Waals surface area contributed by atoms with Crippen LogP contribution in [0.3, 0.4) is 0 Å². The molecular formula is C16H19N3O2S. The molecule has 0 amide bonds. The van der Waals surface area contributed by atoms with Crippen molar-refractivity contribution >= 4 is 20.9 Å². The van der Waals surface area contributed by atoms with Gasteiger partial charge in [0.25, 0.3) is 0 Å². The van der Waals surface area contributed by atoms with Crippen LogP contribution in [0.25, 0.3) is 10.9 Å². The van der Waals surface area contributed by atoms with Crippen LogP contribution in [-0.4, -0.2) is 42.9 Å². The lowest BCUT2D eigenvalue weighted by molar-refractivity contribution is 0.383. The summed E-state index contributed by atoms with van der Waals surface area (Å²) < 4.78 is 27.8. The molecule has 4 rings (SSSR count). The third-order valence-electron chi connectivity index (χ3n) is 4.70. The quantitative estimate of drug-likeness (QED) is 0.916. The fourth-order valence-corrected chi connectivity index (χ4v) is 5.22. The van der Waals surface area contributed by atoms with Crippen molar-refractivity contribution in [3.63, 3.8) is 0 Å². The predicted molar refractivity (Wildman–Crippen MR) is 85.1 cm³/mol. The molecule has 2 unspecified atom stereocenters. The molecule has 1 N–H and O–H groups in total. The molecule has 3 heterocycles. The molecule has 2 aromatic rings. The summed E-state index contributed by atoms with van der Waals surface area (Å²) in [4.78, 5) is 4.61. The minimum absolute atomic E-state index is 0.283. The molecule has 22 heavy (non-hydrogen) atoms. The molecular weight excluding hydrogens is 298 g/mol. The molecule has 5 nitrogen and oxygen atoms in total. The number of pyridine rings is 1. The molecule has 0 spiro atoms. The van der Waals surface area contributed by atoms with Crippen molar-refractivity contribution in [2.24, 2.45) is 0 Å². The SMILES string of the molecule is O=S(=O)(c1cccc2cccnc12)N1CCC2CCC(C1)N2. The fourth-order valence-electron chi connectivity index (χ4n) is 3.55. The largest absolute Gasteiger partial charge is 0.310 e. The van der Waals surface area contributed by atoms with E-state index in [0.29, 0.717) is 29.5 Å². The summed E-state index contributed by atoms with van der Waals surface area (Å²) >= 11 is 0. The Morgan fingerprint density at radius 2 is 1.91 bits per heavy atom. The van der Waals surface area contributed by atoms with Gasteiger partial charge < -0.3 is 5.32 Å². The second-order valence-electron chi connectivity index (χ2n) is 6.12. The predicted octanol–water partition coefficient (Wildman–Crippen LogP) is 1.75. The van der Waals surface area contributed by atoms with E-state index in [9.17, 15) is 8.42 Å². The summed E-state index contributed by atoms with van der Waals surface area (Å²) in [6, 6.07) is 9.83. The zero-order chi connectivity index (χ0) is 15.2. The Hall–Kier alpha value is -1.50. The van der Waals surface area contributed by atoms with Crippen LogP contribution in [-0.2, 0) is 10.0 Å².